The van der Waals surface area contributed by atoms with Gasteiger partial charge in [-0.25, -0.2) is 18.4 Å². The molecular weight excluding hydrogens is 408 g/mol. The zero-order chi connectivity index (χ0) is 21.6. The summed E-state index contributed by atoms with van der Waals surface area (Å²) in [5.74, 6) is 0. The van der Waals surface area contributed by atoms with E-state index in [0.29, 0.717) is 16.2 Å². The van der Waals surface area contributed by atoms with Gasteiger partial charge in [-0.3, -0.25) is 4.98 Å². The Balaban J connectivity index is 1.62. The first kappa shape index (κ1) is 19.4. The largest absolute Gasteiger partial charge is 0.344 e. The number of hydrogen-bond donors (Lipinski definition) is 1. The highest BCUT2D eigenvalue weighted by atomic mass is 32.2. The van der Waals surface area contributed by atoms with Crippen LogP contribution in [0.4, 0.5) is 0 Å². The third-order valence-corrected chi connectivity index (χ3v) is 7.62. The molecular formula is C24H20N4O2S. The average molecular weight is 429 g/mol. The van der Waals surface area contributed by atoms with Crippen molar-refractivity contribution in [3.63, 3.8) is 0 Å². The van der Waals surface area contributed by atoms with Gasteiger partial charge in [0.25, 0.3) is 0 Å². The number of rotatable bonds is 4. The van der Waals surface area contributed by atoms with Gasteiger partial charge in [-0.05, 0) is 43.0 Å². The van der Waals surface area contributed by atoms with Gasteiger partial charge in [0.1, 0.15) is 5.52 Å². The molecule has 0 spiro atoms. The second-order valence-corrected chi connectivity index (χ2v) is 10.2. The quantitative estimate of drug-likeness (QED) is 0.434. The first-order chi connectivity index (χ1) is 14.9. The molecule has 0 aliphatic carbocycles. The number of sulfone groups is 1. The number of nitrogens with zero attached hydrogens (tertiary/aromatic N) is 3. The molecule has 0 radical (unpaired) electrons. The number of nitrogens with one attached hydrogen (secondary N) is 1. The SMILES string of the molecule is CC(C)S(=O)(=O)c1ccc(-c2cnc3[nH]cc(-c4cccc5cnccc45)c3n2)cc1. The van der Waals surface area contributed by atoms with Crippen molar-refractivity contribution in [2.75, 3.05) is 0 Å². The summed E-state index contributed by atoms with van der Waals surface area (Å²) in [6.45, 7) is 3.36. The van der Waals surface area contributed by atoms with Crippen molar-refractivity contribution in [1.82, 2.24) is 19.9 Å². The standard InChI is InChI=1S/C24H20N4O2S/c1-15(2)31(29,30)18-8-6-16(7-9-18)22-14-27-24-23(28-22)21(13-26-24)20-5-3-4-17-12-25-11-10-19(17)20/h3-15H,1-2H3,(H,26,27). The lowest BCUT2D eigenvalue weighted by molar-refractivity contribution is 0.587. The fourth-order valence-electron chi connectivity index (χ4n) is 3.68. The van der Waals surface area contributed by atoms with Gasteiger partial charge < -0.3 is 4.98 Å². The highest BCUT2D eigenvalue weighted by Gasteiger charge is 2.19. The molecule has 5 rings (SSSR count). The van der Waals surface area contributed by atoms with E-state index in [1.165, 1.54) is 0 Å². The minimum atomic E-state index is -3.31. The number of aromatic nitrogens is 4. The van der Waals surface area contributed by atoms with Crippen LogP contribution in [0.1, 0.15) is 13.8 Å². The summed E-state index contributed by atoms with van der Waals surface area (Å²) in [6.07, 6.45) is 7.24. The molecule has 5 aromatic rings. The van der Waals surface area contributed by atoms with Crippen LogP contribution in [0.25, 0.3) is 44.3 Å². The van der Waals surface area contributed by atoms with Crippen LogP contribution in [0.2, 0.25) is 0 Å². The van der Waals surface area contributed by atoms with Crippen molar-refractivity contribution in [3.8, 4) is 22.4 Å². The van der Waals surface area contributed by atoms with Crippen molar-refractivity contribution in [3.05, 3.63) is 73.3 Å². The lowest BCUT2D eigenvalue weighted by atomic mass is 10.0. The Kier molecular flexibility index (Phi) is 4.55. The molecule has 1 N–H and O–H groups in total. The number of pyridine rings is 1. The van der Waals surface area contributed by atoms with Crippen molar-refractivity contribution < 1.29 is 8.42 Å². The van der Waals surface area contributed by atoms with E-state index in [4.69, 9.17) is 4.98 Å². The molecule has 31 heavy (non-hydrogen) atoms. The summed E-state index contributed by atoms with van der Waals surface area (Å²) in [7, 11) is -3.31. The van der Waals surface area contributed by atoms with Crippen LogP contribution in [0, 0.1) is 0 Å². The monoisotopic (exact) mass is 428 g/mol. The van der Waals surface area contributed by atoms with Crippen molar-refractivity contribution in [2.24, 2.45) is 0 Å². The Morgan fingerprint density at radius 2 is 1.74 bits per heavy atom. The molecule has 0 unspecified atom stereocenters. The topological polar surface area (TPSA) is 88.6 Å². The van der Waals surface area contributed by atoms with E-state index in [9.17, 15) is 8.42 Å². The molecule has 0 saturated carbocycles. The van der Waals surface area contributed by atoms with E-state index < -0.39 is 15.1 Å². The van der Waals surface area contributed by atoms with Crippen LogP contribution < -0.4 is 0 Å². The van der Waals surface area contributed by atoms with E-state index in [2.05, 4.69) is 21.0 Å². The summed E-state index contributed by atoms with van der Waals surface area (Å²) in [6, 6.07) is 14.9. The Labute approximate surface area is 179 Å². The van der Waals surface area contributed by atoms with E-state index in [1.54, 1.807) is 50.5 Å². The average Bonchev–Trinajstić information content (AvgIpc) is 3.21. The van der Waals surface area contributed by atoms with Gasteiger partial charge >= 0.3 is 0 Å². The van der Waals surface area contributed by atoms with Gasteiger partial charge in [-0.2, -0.15) is 0 Å². The fraction of sp³-hybridized carbons (Fsp3) is 0.125. The molecule has 2 aromatic carbocycles. The highest BCUT2D eigenvalue weighted by Crippen LogP contribution is 2.33. The van der Waals surface area contributed by atoms with E-state index in [1.807, 2.05) is 30.6 Å². The van der Waals surface area contributed by atoms with E-state index in [0.717, 1.165) is 33.0 Å². The highest BCUT2D eigenvalue weighted by molar-refractivity contribution is 7.92. The molecule has 0 atom stereocenters. The van der Waals surface area contributed by atoms with Gasteiger partial charge in [-0.1, -0.05) is 30.3 Å². The first-order valence-corrected chi connectivity index (χ1v) is 11.5. The smallest absolute Gasteiger partial charge is 0.180 e. The van der Waals surface area contributed by atoms with Crippen LogP contribution in [0.5, 0.6) is 0 Å². The van der Waals surface area contributed by atoms with Crippen LogP contribution in [-0.4, -0.2) is 33.6 Å². The molecule has 0 aliphatic rings. The van der Waals surface area contributed by atoms with Gasteiger partial charge in [0.2, 0.25) is 0 Å². The van der Waals surface area contributed by atoms with Crippen molar-refractivity contribution in [1.29, 1.82) is 0 Å². The van der Waals surface area contributed by atoms with Gasteiger partial charge in [0, 0.05) is 35.1 Å². The van der Waals surface area contributed by atoms with Gasteiger partial charge in [-0.15, -0.1) is 0 Å². The third kappa shape index (κ3) is 3.27. The zero-order valence-electron chi connectivity index (χ0n) is 17.1. The lowest BCUT2D eigenvalue weighted by Gasteiger charge is -2.09. The normalized spacial score (nSPS) is 12.1. The van der Waals surface area contributed by atoms with Gasteiger partial charge in [0.05, 0.1) is 22.0 Å². The predicted molar refractivity (Wildman–Crippen MR) is 122 cm³/mol. The summed E-state index contributed by atoms with van der Waals surface area (Å²) < 4.78 is 24.8. The molecule has 7 heteroatoms. The Hall–Kier alpha value is -3.58. The Morgan fingerprint density at radius 1 is 0.935 bits per heavy atom. The van der Waals surface area contributed by atoms with Gasteiger partial charge in [0.15, 0.2) is 15.5 Å². The maximum atomic E-state index is 12.4. The summed E-state index contributed by atoms with van der Waals surface area (Å²) in [5.41, 5.74) is 4.97. The van der Waals surface area contributed by atoms with Crippen LogP contribution in [0.3, 0.4) is 0 Å². The zero-order valence-corrected chi connectivity index (χ0v) is 17.9. The number of fused-ring (bicyclic) bond motifs is 2. The molecule has 0 bridgehead atoms. The number of aromatic amines is 1. The molecule has 3 aromatic heterocycles. The minimum absolute atomic E-state index is 0.312. The van der Waals surface area contributed by atoms with Crippen molar-refractivity contribution in [2.45, 2.75) is 24.0 Å². The minimum Gasteiger partial charge on any atom is -0.344 e. The molecule has 6 nitrogen and oxygen atoms in total. The maximum Gasteiger partial charge on any atom is 0.180 e. The fourth-order valence-corrected chi connectivity index (χ4v) is 4.74. The molecule has 0 fully saturated rings. The molecule has 154 valence electrons. The lowest BCUT2D eigenvalue weighted by Crippen LogP contribution is -2.13. The summed E-state index contributed by atoms with van der Waals surface area (Å²) in [4.78, 5) is 17.1. The second-order valence-electron chi connectivity index (χ2n) is 7.68. The molecule has 3 heterocycles. The first-order valence-electron chi connectivity index (χ1n) is 9.97. The van der Waals surface area contributed by atoms with E-state index >= 15 is 0 Å². The number of H-pyrrole nitrogens is 1. The third-order valence-electron chi connectivity index (χ3n) is 5.45. The van der Waals surface area contributed by atoms with Crippen molar-refractivity contribution >= 4 is 31.8 Å². The molecule has 0 saturated heterocycles. The Morgan fingerprint density at radius 3 is 2.52 bits per heavy atom. The summed E-state index contributed by atoms with van der Waals surface area (Å²) in [5, 5.41) is 1.68. The molecule has 0 aliphatic heterocycles. The van der Waals surface area contributed by atoms with Crippen LogP contribution in [0.15, 0.2) is 78.2 Å². The summed E-state index contributed by atoms with van der Waals surface area (Å²) >= 11 is 0. The van der Waals surface area contributed by atoms with Crippen LogP contribution >= 0.6 is 0 Å². The second kappa shape index (κ2) is 7.28. The number of benzene rings is 2. The number of hydrogen-bond acceptors (Lipinski definition) is 5. The van der Waals surface area contributed by atoms with E-state index in [-0.39, 0.29) is 0 Å². The maximum absolute atomic E-state index is 12.4. The Bertz CT molecular complexity index is 1520. The van der Waals surface area contributed by atoms with Crippen LogP contribution in [-0.2, 0) is 9.84 Å². The molecule has 0 amide bonds. The predicted octanol–water partition coefficient (Wildman–Crippen LogP) is 5.02.